The number of hydrogen-bond acceptors (Lipinski definition) is 3. The van der Waals surface area contributed by atoms with Gasteiger partial charge in [-0.05, 0) is 20.3 Å². The van der Waals surface area contributed by atoms with E-state index in [1.165, 1.54) is 0 Å². The second-order valence-corrected chi connectivity index (χ2v) is 2.52. The smallest absolute Gasteiger partial charge is 0.326 e. The Morgan fingerprint density at radius 3 is 2.45 bits per heavy atom. The zero-order valence-electron chi connectivity index (χ0n) is 7.18. The summed E-state index contributed by atoms with van der Waals surface area (Å²) in [6.45, 7) is 5.44. The van der Waals surface area contributed by atoms with Gasteiger partial charge in [-0.25, -0.2) is 0 Å². The van der Waals surface area contributed by atoms with E-state index in [1.807, 2.05) is 6.07 Å². The van der Waals surface area contributed by atoms with E-state index < -0.39 is 11.4 Å². The minimum Gasteiger partial charge on any atom is -0.465 e. The first-order valence-electron chi connectivity index (χ1n) is 3.69. The van der Waals surface area contributed by atoms with Crippen molar-refractivity contribution in [2.24, 2.45) is 5.41 Å². The van der Waals surface area contributed by atoms with Crippen LogP contribution in [0.15, 0.2) is 0 Å². The van der Waals surface area contributed by atoms with E-state index in [4.69, 9.17) is 10.00 Å². The molecule has 0 N–H and O–H groups in total. The van der Waals surface area contributed by atoms with Crippen LogP contribution in [0, 0.1) is 16.7 Å². The first-order chi connectivity index (χ1) is 5.10. The largest absolute Gasteiger partial charge is 0.465 e. The predicted octanol–water partition coefficient (Wildman–Crippen LogP) is 1.49. The second kappa shape index (κ2) is 3.97. The molecule has 0 fully saturated rings. The maximum atomic E-state index is 11.1. The summed E-state index contributed by atoms with van der Waals surface area (Å²) in [5.41, 5.74) is -0.962. The maximum Gasteiger partial charge on any atom is 0.326 e. The molecular weight excluding hydrogens is 142 g/mol. The fourth-order valence-electron chi connectivity index (χ4n) is 0.559. The van der Waals surface area contributed by atoms with Gasteiger partial charge in [0, 0.05) is 0 Å². The van der Waals surface area contributed by atoms with Gasteiger partial charge < -0.3 is 4.74 Å². The average Bonchev–Trinajstić information content (AvgIpc) is 2.03. The van der Waals surface area contributed by atoms with Crippen molar-refractivity contribution < 1.29 is 9.53 Å². The Kier molecular flexibility index (Phi) is 3.59. The van der Waals surface area contributed by atoms with Crippen molar-refractivity contribution in [2.75, 3.05) is 6.61 Å². The lowest BCUT2D eigenvalue weighted by Gasteiger charge is -2.16. The molecule has 0 aromatic rings. The molecule has 62 valence electrons. The molecule has 0 aromatic carbocycles. The number of carbonyl (C=O) groups is 1. The van der Waals surface area contributed by atoms with E-state index in [0.29, 0.717) is 13.0 Å². The predicted molar refractivity (Wildman–Crippen MR) is 40.6 cm³/mol. The molecule has 0 saturated carbocycles. The van der Waals surface area contributed by atoms with Gasteiger partial charge in [-0.2, -0.15) is 5.26 Å². The van der Waals surface area contributed by atoms with Crippen molar-refractivity contribution in [1.29, 1.82) is 5.26 Å². The van der Waals surface area contributed by atoms with E-state index in [0.717, 1.165) is 0 Å². The number of carbonyl (C=O) groups excluding carboxylic acids is 1. The number of ether oxygens (including phenoxy) is 1. The van der Waals surface area contributed by atoms with Crippen LogP contribution in [0.3, 0.4) is 0 Å². The van der Waals surface area contributed by atoms with Gasteiger partial charge in [-0.1, -0.05) is 6.92 Å². The number of hydrogen-bond donors (Lipinski definition) is 0. The van der Waals surface area contributed by atoms with E-state index in [1.54, 1.807) is 20.8 Å². The normalized spacial score (nSPS) is 14.7. The summed E-state index contributed by atoms with van der Waals surface area (Å²) < 4.78 is 4.73. The van der Waals surface area contributed by atoms with Gasteiger partial charge in [0.25, 0.3) is 0 Å². The number of rotatable bonds is 3. The first kappa shape index (κ1) is 9.96. The molecule has 0 bridgehead atoms. The zero-order chi connectivity index (χ0) is 8.91. The molecule has 3 heteroatoms. The van der Waals surface area contributed by atoms with Crippen LogP contribution in [0.4, 0.5) is 0 Å². The molecule has 0 unspecified atom stereocenters. The molecule has 3 nitrogen and oxygen atoms in total. The highest BCUT2D eigenvalue weighted by atomic mass is 16.5. The van der Waals surface area contributed by atoms with Gasteiger partial charge in [0.1, 0.15) is 0 Å². The fourth-order valence-corrected chi connectivity index (χ4v) is 0.559. The van der Waals surface area contributed by atoms with Crippen LogP contribution in [-0.2, 0) is 9.53 Å². The lowest BCUT2D eigenvalue weighted by atomic mass is 9.90. The van der Waals surface area contributed by atoms with Gasteiger partial charge >= 0.3 is 5.97 Å². The van der Waals surface area contributed by atoms with Gasteiger partial charge in [0.05, 0.1) is 12.7 Å². The number of nitrogens with zero attached hydrogens (tertiary/aromatic N) is 1. The Labute approximate surface area is 67.0 Å². The van der Waals surface area contributed by atoms with Crippen LogP contribution in [0.25, 0.3) is 0 Å². The molecule has 0 saturated heterocycles. The summed E-state index contributed by atoms with van der Waals surface area (Å²) in [6, 6.07) is 1.94. The lowest BCUT2D eigenvalue weighted by molar-refractivity contribution is -0.151. The summed E-state index contributed by atoms with van der Waals surface area (Å²) in [6.07, 6.45) is 0.488. The lowest BCUT2D eigenvalue weighted by Crippen LogP contribution is -2.27. The quantitative estimate of drug-likeness (QED) is 0.580. The molecule has 0 rings (SSSR count). The zero-order valence-corrected chi connectivity index (χ0v) is 7.18. The van der Waals surface area contributed by atoms with Crippen molar-refractivity contribution >= 4 is 5.97 Å². The molecule has 11 heavy (non-hydrogen) atoms. The fraction of sp³-hybridized carbons (Fsp3) is 0.750. The molecule has 0 amide bonds. The van der Waals surface area contributed by atoms with E-state index in [2.05, 4.69) is 0 Å². The summed E-state index contributed by atoms with van der Waals surface area (Å²) in [4.78, 5) is 11.1. The number of nitriles is 1. The van der Waals surface area contributed by atoms with Crippen molar-refractivity contribution in [3.8, 4) is 6.07 Å². The maximum absolute atomic E-state index is 11.1. The minimum atomic E-state index is -0.962. The van der Waals surface area contributed by atoms with Crippen molar-refractivity contribution in [1.82, 2.24) is 0 Å². The van der Waals surface area contributed by atoms with Gasteiger partial charge in [0.15, 0.2) is 5.41 Å². The Bertz CT molecular complexity index is 183. The molecular formula is C8H13NO2. The highest BCUT2D eigenvalue weighted by Gasteiger charge is 2.32. The average molecular weight is 155 g/mol. The standard InChI is InChI=1S/C8H13NO2/c1-4-8(3,6-9)7(10)11-5-2/h4-5H2,1-3H3/t8-/m0/s1. The van der Waals surface area contributed by atoms with Gasteiger partial charge in [0.2, 0.25) is 0 Å². The second-order valence-electron chi connectivity index (χ2n) is 2.52. The van der Waals surface area contributed by atoms with E-state index in [-0.39, 0.29) is 0 Å². The molecule has 0 aliphatic heterocycles. The summed E-state index contributed by atoms with van der Waals surface area (Å²) in [5.74, 6) is -0.426. The van der Waals surface area contributed by atoms with Crippen LogP contribution >= 0.6 is 0 Å². The molecule has 0 aliphatic carbocycles. The van der Waals surface area contributed by atoms with Crippen LogP contribution < -0.4 is 0 Å². The summed E-state index contributed by atoms with van der Waals surface area (Å²) in [7, 11) is 0. The highest BCUT2D eigenvalue weighted by Crippen LogP contribution is 2.21. The molecule has 0 aromatic heterocycles. The van der Waals surface area contributed by atoms with Crippen molar-refractivity contribution in [3.05, 3.63) is 0 Å². The first-order valence-corrected chi connectivity index (χ1v) is 3.69. The topological polar surface area (TPSA) is 50.1 Å². The summed E-state index contributed by atoms with van der Waals surface area (Å²) in [5, 5.41) is 8.63. The van der Waals surface area contributed by atoms with E-state index in [9.17, 15) is 4.79 Å². The highest BCUT2D eigenvalue weighted by molar-refractivity contribution is 5.79. The third kappa shape index (κ3) is 2.23. The van der Waals surface area contributed by atoms with Crippen LogP contribution in [0.1, 0.15) is 27.2 Å². The van der Waals surface area contributed by atoms with Crippen LogP contribution in [0.2, 0.25) is 0 Å². The molecule has 0 heterocycles. The SMILES string of the molecule is CCOC(=O)[C@](C)(C#N)CC. The van der Waals surface area contributed by atoms with Gasteiger partial charge in [-0.15, -0.1) is 0 Å². The Morgan fingerprint density at radius 1 is 1.64 bits per heavy atom. The number of esters is 1. The Morgan fingerprint density at radius 2 is 2.18 bits per heavy atom. The van der Waals surface area contributed by atoms with Crippen LogP contribution in [-0.4, -0.2) is 12.6 Å². The van der Waals surface area contributed by atoms with Gasteiger partial charge in [-0.3, -0.25) is 4.79 Å². The Balaban J connectivity index is 4.28. The molecule has 0 spiro atoms. The van der Waals surface area contributed by atoms with Crippen molar-refractivity contribution in [3.63, 3.8) is 0 Å². The Hall–Kier alpha value is -1.04. The van der Waals surface area contributed by atoms with Crippen LogP contribution in [0.5, 0.6) is 0 Å². The van der Waals surface area contributed by atoms with Crippen molar-refractivity contribution in [2.45, 2.75) is 27.2 Å². The minimum absolute atomic E-state index is 0.329. The van der Waals surface area contributed by atoms with E-state index >= 15 is 0 Å². The summed E-state index contributed by atoms with van der Waals surface area (Å²) >= 11 is 0. The monoisotopic (exact) mass is 155 g/mol. The third-order valence-electron chi connectivity index (χ3n) is 1.68. The molecule has 0 radical (unpaired) electrons. The molecule has 1 atom stereocenters. The molecule has 0 aliphatic rings. The third-order valence-corrected chi connectivity index (χ3v) is 1.68.